The number of phenolic OH excluding ortho intramolecular Hbond substituents is 1. The quantitative estimate of drug-likeness (QED) is 0.675. The Kier molecular flexibility index (Phi) is 4.83. The number of anilines is 1. The van der Waals surface area contributed by atoms with Gasteiger partial charge in [0, 0.05) is 0 Å². The van der Waals surface area contributed by atoms with E-state index in [1.165, 1.54) is 23.1 Å². The van der Waals surface area contributed by atoms with Gasteiger partial charge in [-0.1, -0.05) is 24.3 Å². The van der Waals surface area contributed by atoms with Crippen molar-refractivity contribution in [3.63, 3.8) is 0 Å². The number of hydrogen-bond donors (Lipinski definition) is 1. The summed E-state index contributed by atoms with van der Waals surface area (Å²) in [5, 5.41) is 9.57. The van der Waals surface area contributed by atoms with E-state index >= 15 is 0 Å². The van der Waals surface area contributed by atoms with Crippen molar-refractivity contribution in [3.05, 3.63) is 95.4 Å². The number of phenols is 1. The molecule has 0 atom stereocenters. The molecule has 5 nitrogen and oxygen atoms in total. The molecule has 3 aromatic carbocycles. The summed E-state index contributed by atoms with van der Waals surface area (Å²) in [7, 11) is 1.56. The Balaban J connectivity index is 1.84. The fourth-order valence-corrected chi connectivity index (χ4v) is 3.07. The van der Waals surface area contributed by atoms with Crippen LogP contribution in [0, 0.1) is 5.82 Å². The Bertz CT molecular complexity index is 1140. The lowest BCUT2D eigenvalue weighted by atomic mass is 10.1. The summed E-state index contributed by atoms with van der Waals surface area (Å²) in [6.07, 6.45) is 1.63. The molecule has 0 saturated carbocycles. The number of carbonyl (C=O) groups excluding carboxylic acids is 1. The molecule has 1 aliphatic heterocycles. The largest absolute Gasteiger partial charge is 0.508 e. The van der Waals surface area contributed by atoms with Gasteiger partial charge in [-0.05, 0) is 60.2 Å². The van der Waals surface area contributed by atoms with Crippen LogP contribution < -0.4 is 9.64 Å². The second-order valence-electron chi connectivity index (χ2n) is 6.38. The summed E-state index contributed by atoms with van der Waals surface area (Å²) in [6.45, 7) is 0. The van der Waals surface area contributed by atoms with Gasteiger partial charge in [-0.15, -0.1) is 0 Å². The van der Waals surface area contributed by atoms with Crippen LogP contribution in [0.5, 0.6) is 11.5 Å². The Labute approximate surface area is 167 Å². The molecule has 4 rings (SSSR count). The predicted molar refractivity (Wildman–Crippen MR) is 110 cm³/mol. The highest BCUT2D eigenvalue weighted by Crippen LogP contribution is 2.30. The van der Waals surface area contributed by atoms with Crippen molar-refractivity contribution in [2.24, 2.45) is 4.99 Å². The number of carbonyl (C=O) groups is 1. The molecule has 0 bridgehead atoms. The number of hydrogen-bond acceptors (Lipinski definition) is 4. The van der Waals surface area contributed by atoms with Gasteiger partial charge in [-0.25, -0.2) is 9.38 Å². The van der Waals surface area contributed by atoms with E-state index in [1.807, 2.05) is 12.1 Å². The third-order valence-corrected chi connectivity index (χ3v) is 4.48. The zero-order chi connectivity index (χ0) is 20.4. The number of benzene rings is 3. The van der Waals surface area contributed by atoms with E-state index in [0.717, 1.165) is 5.56 Å². The van der Waals surface area contributed by atoms with Gasteiger partial charge in [0.15, 0.2) is 5.84 Å². The summed E-state index contributed by atoms with van der Waals surface area (Å²) in [5.74, 6) is 0.0329. The Hall–Kier alpha value is -3.93. The number of rotatable bonds is 4. The highest BCUT2D eigenvalue weighted by molar-refractivity contribution is 6.33. The number of nitrogens with zero attached hydrogens (tertiary/aromatic N) is 2. The Morgan fingerprint density at radius 2 is 1.79 bits per heavy atom. The zero-order valence-corrected chi connectivity index (χ0v) is 15.5. The number of halogens is 1. The molecular weight excluding hydrogens is 371 g/mol. The molecule has 0 spiro atoms. The van der Waals surface area contributed by atoms with Gasteiger partial charge < -0.3 is 9.84 Å². The molecular formula is C23H17FN2O3. The zero-order valence-electron chi connectivity index (χ0n) is 15.5. The first-order valence-corrected chi connectivity index (χ1v) is 8.89. The molecule has 1 N–H and O–H groups in total. The van der Waals surface area contributed by atoms with E-state index in [1.54, 1.807) is 55.7 Å². The summed E-state index contributed by atoms with van der Waals surface area (Å²) in [4.78, 5) is 19.0. The molecule has 1 aliphatic rings. The predicted octanol–water partition coefficient (Wildman–Crippen LogP) is 4.37. The van der Waals surface area contributed by atoms with Gasteiger partial charge in [0.05, 0.1) is 18.4 Å². The van der Waals surface area contributed by atoms with Gasteiger partial charge in [0.2, 0.25) is 0 Å². The number of methoxy groups -OCH3 is 1. The number of ether oxygens (including phenoxy) is 1. The fourth-order valence-electron chi connectivity index (χ4n) is 3.07. The topological polar surface area (TPSA) is 62.1 Å². The van der Waals surface area contributed by atoms with Gasteiger partial charge in [0.1, 0.15) is 23.0 Å². The Morgan fingerprint density at radius 3 is 2.52 bits per heavy atom. The van der Waals surface area contributed by atoms with E-state index in [4.69, 9.17) is 4.74 Å². The highest BCUT2D eigenvalue weighted by Gasteiger charge is 2.33. The van der Waals surface area contributed by atoms with Crippen LogP contribution in [0.1, 0.15) is 11.1 Å². The smallest absolute Gasteiger partial charge is 0.282 e. The van der Waals surface area contributed by atoms with Gasteiger partial charge >= 0.3 is 0 Å². The van der Waals surface area contributed by atoms with Gasteiger partial charge in [0.25, 0.3) is 5.91 Å². The lowest BCUT2D eigenvalue weighted by Gasteiger charge is -2.18. The molecule has 29 heavy (non-hydrogen) atoms. The maximum atomic E-state index is 14.5. The lowest BCUT2D eigenvalue weighted by molar-refractivity contribution is -0.113. The lowest BCUT2D eigenvalue weighted by Crippen LogP contribution is -2.33. The van der Waals surface area contributed by atoms with Crippen molar-refractivity contribution >= 4 is 23.5 Å². The van der Waals surface area contributed by atoms with Crippen molar-refractivity contribution in [1.29, 1.82) is 0 Å². The normalized spacial score (nSPS) is 15.0. The monoisotopic (exact) mass is 388 g/mol. The first-order valence-electron chi connectivity index (χ1n) is 8.89. The molecule has 0 aliphatic carbocycles. The van der Waals surface area contributed by atoms with E-state index < -0.39 is 11.7 Å². The van der Waals surface area contributed by atoms with E-state index in [9.17, 15) is 14.3 Å². The number of amidine groups is 1. The first-order chi connectivity index (χ1) is 14.1. The molecule has 144 valence electrons. The number of aromatic hydroxyl groups is 1. The molecule has 6 heteroatoms. The maximum Gasteiger partial charge on any atom is 0.282 e. The standard InChI is InChI=1S/C23H17FN2O3/c1-29-18-6-4-5-15(13-18)14-21-23(28)26(16-9-11-17(27)12-10-16)22(25-21)19-7-2-3-8-20(19)24/h2-14,27H,1H3/b21-14+. The summed E-state index contributed by atoms with van der Waals surface area (Å²) >= 11 is 0. The van der Waals surface area contributed by atoms with Crippen LogP contribution in [0.15, 0.2) is 83.5 Å². The van der Waals surface area contributed by atoms with Crippen LogP contribution in [0.2, 0.25) is 0 Å². The van der Waals surface area contributed by atoms with Crippen LogP contribution in [0.3, 0.4) is 0 Å². The van der Waals surface area contributed by atoms with Crippen molar-refractivity contribution in [2.45, 2.75) is 0 Å². The second-order valence-corrected chi connectivity index (χ2v) is 6.38. The molecule has 0 aromatic heterocycles. The third kappa shape index (κ3) is 3.60. The maximum absolute atomic E-state index is 14.5. The average Bonchev–Trinajstić information content (AvgIpc) is 3.05. The molecule has 1 heterocycles. The van der Waals surface area contributed by atoms with Crippen LogP contribution in [-0.2, 0) is 4.79 Å². The Morgan fingerprint density at radius 1 is 1.03 bits per heavy atom. The molecule has 0 unspecified atom stereocenters. The first kappa shape index (κ1) is 18.4. The molecule has 0 fully saturated rings. The van der Waals surface area contributed by atoms with E-state index in [0.29, 0.717) is 11.4 Å². The third-order valence-electron chi connectivity index (χ3n) is 4.48. The van der Waals surface area contributed by atoms with E-state index in [-0.39, 0.29) is 22.8 Å². The van der Waals surface area contributed by atoms with Crippen LogP contribution in [0.4, 0.5) is 10.1 Å². The van der Waals surface area contributed by atoms with Crippen LogP contribution >= 0.6 is 0 Å². The van der Waals surface area contributed by atoms with Crippen molar-refractivity contribution in [2.75, 3.05) is 12.0 Å². The number of amides is 1. The summed E-state index contributed by atoms with van der Waals surface area (Å²) in [5.41, 5.74) is 1.59. The van der Waals surface area contributed by atoms with Crippen molar-refractivity contribution in [3.8, 4) is 11.5 Å². The van der Waals surface area contributed by atoms with Crippen LogP contribution in [0.25, 0.3) is 6.08 Å². The van der Waals surface area contributed by atoms with Crippen molar-refractivity contribution in [1.82, 2.24) is 0 Å². The molecule has 3 aromatic rings. The van der Waals surface area contributed by atoms with Gasteiger partial charge in [-0.3, -0.25) is 9.69 Å². The molecule has 1 amide bonds. The average molecular weight is 388 g/mol. The minimum atomic E-state index is -0.481. The summed E-state index contributed by atoms with van der Waals surface area (Å²) in [6, 6.07) is 19.5. The summed E-state index contributed by atoms with van der Waals surface area (Å²) < 4.78 is 19.7. The SMILES string of the molecule is COc1cccc(/C=C2/N=C(c3ccccc3F)N(c3ccc(O)cc3)C2=O)c1. The second kappa shape index (κ2) is 7.59. The minimum absolute atomic E-state index is 0.0666. The fraction of sp³-hybridized carbons (Fsp3) is 0.0435. The van der Waals surface area contributed by atoms with Crippen LogP contribution in [-0.4, -0.2) is 24.0 Å². The van der Waals surface area contributed by atoms with E-state index in [2.05, 4.69) is 4.99 Å². The molecule has 0 saturated heterocycles. The highest BCUT2D eigenvalue weighted by atomic mass is 19.1. The van der Waals surface area contributed by atoms with Crippen molar-refractivity contribution < 1.29 is 19.0 Å². The molecule has 0 radical (unpaired) electrons. The van der Waals surface area contributed by atoms with Gasteiger partial charge in [-0.2, -0.15) is 0 Å². The number of aliphatic imine (C=N–C) groups is 1. The minimum Gasteiger partial charge on any atom is -0.508 e.